The third-order valence-corrected chi connectivity index (χ3v) is 3.06. The topological polar surface area (TPSA) is 50.7 Å². The summed E-state index contributed by atoms with van der Waals surface area (Å²) < 4.78 is 0. The smallest absolute Gasteiger partial charge is 0.243 e. The van der Waals surface area contributed by atoms with Gasteiger partial charge in [0.2, 0.25) is 5.95 Å². The van der Waals surface area contributed by atoms with Crippen LogP contribution in [0.1, 0.15) is 38.6 Å². The van der Waals surface area contributed by atoms with E-state index in [2.05, 4.69) is 41.3 Å². The van der Waals surface area contributed by atoms with E-state index < -0.39 is 0 Å². The van der Waals surface area contributed by atoms with Gasteiger partial charge in [-0.05, 0) is 25.7 Å². The number of nitrogens with one attached hydrogen (secondary N) is 1. The molecule has 1 rings (SSSR count). The molecule has 0 aliphatic rings. The van der Waals surface area contributed by atoms with E-state index in [9.17, 15) is 0 Å². The molecule has 0 saturated heterocycles. The summed E-state index contributed by atoms with van der Waals surface area (Å²) in [4.78, 5) is 4.38. The molecule has 4 nitrogen and oxygen atoms in total. The van der Waals surface area contributed by atoms with Crippen molar-refractivity contribution in [1.82, 2.24) is 15.2 Å². The highest BCUT2D eigenvalue weighted by Gasteiger charge is 2.24. The van der Waals surface area contributed by atoms with Crippen molar-refractivity contribution < 1.29 is 0 Å². The van der Waals surface area contributed by atoms with Crippen LogP contribution >= 0.6 is 11.6 Å². The van der Waals surface area contributed by atoms with Crippen LogP contribution in [0.4, 0.5) is 5.95 Å². The van der Waals surface area contributed by atoms with E-state index in [1.54, 1.807) is 0 Å². The van der Waals surface area contributed by atoms with E-state index >= 15 is 0 Å². The molecule has 1 aromatic rings. The lowest BCUT2D eigenvalue weighted by Crippen LogP contribution is -2.35. The molecule has 0 saturated carbocycles. The minimum atomic E-state index is 0.108. The number of aromatic nitrogens is 3. The van der Waals surface area contributed by atoms with E-state index in [1.165, 1.54) is 0 Å². The first kappa shape index (κ1) is 14.2. The molecule has 1 N–H and O–H groups in total. The maximum atomic E-state index is 5.83. The van der Waals surface area contributed by atoms with Gasteiger partial charge in [-0.3, -0.25) is 0 Å². The fraction of sp³-hybridized carbons (Fsp3) is 0.750. The van der Waals surface area contributed by atoms with Gasteiger partial charge in [-0.15, -0.1) is 16.7 Å². The minimum Gasteiger partial charge on any atom is -0.350 e. The summed E-state index contributed by atoms with van der Waals surface area (Å²) in [6.45, 7) is 10.4. The molecule has 0 aliphatic heterocycles. The molecule has 0 spiro atoms. The molecule has 0 aromatic carbocycles. The zero-order chi connectivity index (χ0) is 13.1. The van der Waals surface area contributed by atoms with Crippen molar-refractivity contribution in [2.24, 2.45) is 5.41 Å². The highest BCUT2D eigenvalue weighted by Crippen LogP contribution is 2.24. The van der Waals surface area contributed by atoms with Gasteiger partial charge in [-0.1, -0.05) is 20.8 Å². The summed E-state index contributed by atoms with van der Waals surface area (Å²) in [6.07, 6.45) is 0.876. The van der Waals surface area contributed by atoms with E-state index in [4.69, 9.17) is 11.6 Å². The fourth-order valence-electron chi connectivity index (χ4n) is 1.50. The zero-order valence-electron chi connectivity index (χ0n) is 11.2. The first-order valence-electron chi connectivity index (χ1n) is 5.85. The second-order valence-corrected chi connectivity index (χ2v) is 5.72. The molecule has 0 aliphatic carbocycles. The molecule has 1 aromatic heterocycles. The molecule has 1 atom stereocenters. The molecule has 0 fully saturated rings. The summed E-state index contributed by atoms with van der Waals surface area (Å²) in [6, 6.07) is 0.240. The molecule has 1 heterocycles. The molecule has 5 heteroatoms. The van der Waals surface area contributed by atoms with E-state index in [0.717, 1.165) is 17.8 Å². The number of rotatable bonds is 4. The Morgan fingerprint density at radius 1 is 1.18 bits per heavy atom. The highest BCUT2D eigenvalue weighted by molar-refractivity contribution is 6.17. The summed E-state index contributed by atoms with van der Waals surface area (Å²) in [5.41, 5.74) is 1.87. The quantitative estimate of drug-likeness (QED) is 0.842. The molecular weight excluding hydrogens is 236 g/mol. The number of aryl methyl sites for hydroxylation is 2. The third-order valence-electron chi connectivity index (χ3n) is 2.84. The van der Waals surface area contributed by atoms with Crippen LogP contribution < -0.4 is 5.32 Å². The maximum absolute atomic E-state index is 5.83. The summed E-state index contributed by atoms with van der Waals surface area (Å²) in [7, 11) is 0. The Morgan fingerprint density at radius 3 is 2.29 bits per heavy atom. The number of nitrogens with zero attached hydrogens (tertiary/aromatic N) is 3. The first-order valence-corrected chi connectivity index (χ1v) is 6.38. The van der Waals surface area contributed by atoms with Gasteiger partial charge in [-0.25, -0.2) is 4.98 Å². The van der Waals surface area contributed by atoms with Crippen LogP contribution in [0.25, 0.3) is 0 Å². The Kier molecular flexibility index (Phi) is 4.69. The molecular formula is C12H21ClN4. The Hall–Kier alpha value is -0.900. The van der Waals surface area contributed by atoms with Gasteiger partial charge in [0, 0.05) is 11.9 Å². The summed E-state index contributed by atoms with van der Waals surface area (Å²) >= 11 is 5.83. The highest BCUT2D eigenvalue weighted by atomic mass is 35.5. The lowest BCUT2D eigenvalue weighted by Gasteiger charge is -2.31. The van der Waals surface area contributed by atoms with Crippen LogP contribution in [0.3, 0.4) is 0 Å². The van der Waals surface area contributed by atoms with Gasteiger partial charge < -0.3 is 5.32 Å². The molecule has 1 unspecified atom stereocenters. The van der Waals surface area contributed by atoms with Crippen molar-refractivity contribution >= 4 is 17.5 Å². The van der Waals surface area contributed by atoms with Crippen molar-refractivity contribution in [3.63, 3.8) is 0 Å². The van der Waals surface area contributed by atoms with Gasteiger partial charge in [-0.2, -0.15) is 5.10 Å². The average Bonchev–Trinajstić information content (AvgIpc) is 2.21. The maximum Gasteiger partial charge on any atom is 0.243 e. The molecule has 96 valence electrons. The SMILES string of the molecule is Cc1nnc(NC(CCCl)C(C)(C)C)nc1C. The van der Waals surface area contributed by atoms with Crippen LogP contribution in [-0.2, 0) is 0 Å². The van der Waals surface area contributed by atoms with Gasteiger partial charge >= 0.3 is 0 Å². The normalized spacial score (nSPS) is 13.5. The number of alkyl halides is 1. The van der Waals surface area contributed by atoms with Crippen molar-refractivity contribution in [3.05, 3.63) is 11.4 Å². The Morgan fingerprint density at radius 2 is 1.82 bits per heavy atom. The number of hydrogen-bond donors (Lipinski definition) is 1. The van der Waals surface area contributed by atoms with Gasteiger partial charge in [0.05, 0.1) is 11.4 Å². The van der Waals surface area contributed by atoms with E-state index in [0.29, 0.717) is 11.8 Å². The van der Waals surface area contributed by atoms with Crippen LogP contribution in [0.5, 0.6) is 0 Å². The van der Waals surface area contributed by atoms with Crippen molar-refractivity contribution in [3.8, 4) is 0 Å². The lowest BCUT2D eigenvalue weighted by atomic mass is 9.85. The molecule has 0 amide bonds. The Balaban J connectivity index is 2.82. The van der Waals surface area contributed by atoms with Crippen molar-refractivity contribution in [2.45, 2.75) is 47.1 Å². The monoisotopic (exact) mass is 256 g/mol. The van der Waals surface area contributed by atoms with Crippen LogP contribution in [0, 0.1) is 19.3 Å². The Labute approximate surface area is 108 Å². The summed E-state index contributed by atoms with van der Waals surface area (Å²) in [5, 5.41) is 11.4. The summed E-state index contributed by atoms with van der Waals surface area (Å²) in [5.74, 6) is 1.20. The fourth-order valence-corrected chi connectivity index (χ4v) is 1.72. The van der Waals surface area contributed by atoms with Gasteiger partial charge in [0.15, 0.2) is 0 Å². The van der Waals surface area contributed by atoms with Crippen molar-refractivity contribution in [1.29, 1.82) is 0 Å². The minimum absolute atomic E-state index is 0.108. The standard InChI is InChI=1S/C12H21ClN4/c1-8-9(2)16-17-11(14-8)15-10(6-7-13)12(3,4)5/h10H,6-7H2,1-5H3,(H,14,15,17). The average molecular weight is 257 g/mol. The predicted octanol–water partition coefficient (Wildman–Crippen LogP) is 2.94. The van der Waals surface area contributed by atoms with Crippen molar-refractivity contribution in [2.75, 3.05) is 11.2 Å². The predicted molar refractivity (Wildman–Crippen MR) is 71.5 cm³/mol. The van der Waals surface area contributed by atoms with E-state index in [1.807, 2.05) is 13.8 Å². The van der Waals surface area contributed by atoms with Crippen LogP contribution in [0.15, 0.2) is 0 Å². The van der Waals surface area contributed by atoms with Crippen LogP contribution in [0.2, 0.25) is 0 Å². The molecule has 0 bridgehead atoms. The first-order chi connectivity index (χ1) is 7.84. The molecule has 17 heavy (non-hydrogen) atoms. The van der Waals surface area contributed by atoms with Crippen LogP contribution in [-0.4, -0.2) is 27.1 Å². The number of anilines is 1. The third kappa shape index (κ3) is 4.11. The van der Waals surface area contributed by atoms with Gasteiger partial charge in [0.25, 0.3) is 0 Å². The van der Waals surface area contributed by atoms with E-state index in [-0.39, 0.29) is 11.5 Å². The lowest BCUT2D eigenvalue weighted by molar-refractivity contribution is 0.333. The zero-order valence-corrected chi connectivity index (χ0v) is 12.0. The number of halogens is 1. The second kappa shape index (κ2) is 5.63. The Bertz CT molecular complexity index is 373. The number of hydrogen-bond acceptors (Lipinski definition) is 4. The largest absolute Gasteiger partial charge is 0.350 e. The second-order valence-electron chi connectivity index (χ2n) is 5.35. The van der Waals surface area contributed by atoms with Gasteiger partial charge in [0.1, 0.15) is 0 Å². The molecule has 0 radical (unpaired) electrons.